The van der Waals surface area contributed by atoms with Crippen molar-refractivity contribution >= 4 is 99.9 Å². The average Bonchev–Trinajstić information content (AvgIpc) is 3.99. The van der Waals surface area contributed by atoms with Crippen LogP contribution in [0.25, 0.3) is 76.9 Å². The third-order valence-electron chi connectivity index (χ3n) is 11.8. The molecule has 0 aliphatic carbocycles. The Morgan fingerprint density at radius 3 is 1.84 bits per heavy atom. The zero-order valence-corrected chi connectivity index (χ0v) is 31.2. The number of rotatable bonds is 5. The number of hydrogen-bond donors (Lipinski definition) is 0. The lowest BCUT2D eigenvalue weighted by Gasteiger charge is -2.35. The van der Waals surface area contributed by atoms with Crippen molar-refractivity contribution in [3.8, 4) is 5.82 Å². The summed E-state index contributed by atoms with van der Waals surface area (Å²) in [7, 11) is -3.00. The highest BCUT2D eigenvalue weighted by atomic mass is 28.3. The molecule has 0 spiro atoms. The van der Waals surface area contributed by atoms with E-state index in [0.29, 0.717) is 0 Å². The highest BCUT2D eigenvalue weighted by molar-refractivity contribution is 7.20. The quantitative estimate of drug-likeness (QED) is 0.101. The van der Waals surface area contributed by atoms with Crippen molar-refractivity contribution in [3.05, 3.63) is 195 Å². The van der Waals surface area contributed by atoms with Gasteiger partial charge in [0.15, 0.2) is 8.07 Å². The van der Waals surface area contributed by atoms with Crippen LogP contribution in [-0.2, 0) is 0 Å². The van der Waals surface area contributed by atoms with Gasteiger partial charge in [-0.25, -0.2) is 9.97 Å². The topological polar surface area (TPSA) is 48.3 Å². The number of para-hydroxylation sites is 2. The van der Waals surface area contributed by atoms with Gasteiger partial charge in [-0.2, -0.15) is 0 Å². The van der Waals surface area contributed by atoms with E-state index in [1.54, 1.807) is 0 Å². The Morgan fingerprint density at radius 1 is 0.393 bits per heavy atom. The molecule has 7 aromatic carbocycles. The number of fused-ring (bicyclic) bond motifs is 12. The predicted molar refractivity (Wildman–Crippen MR) is 233 cm³/mol. The molecule has 56 heavy (non-hydrogen) atoms. The minimum Gasteiger partial charge on any atom is -0.456 e. The lowest BCUT2D eigenvalue weighted by atomic mass is 10.1. The summed E-state index contributed by atoms with van der Waals surface area (Å²) in [6.07, 6.45) is 5.87. The number of imidazole rings is 1. The van der Waals surface area contributed by atoms with Crippen LogP contribution in [0.2, 0.25) is 0 Å². The minimum absolute atomic E-state index is 0.878. The first-order valence-corrected chi connectivity index (χ1v) is 21.0. The third kappa shape index (κ3) is 4.30. The number of nitrogens with zero attached hydrogens (tertiary/aromatic N) is 4. The van der Waals surface area contributed by atoms with Gasteiger partial charge in [0.2, 0.25) is 0 Å². The summed E-state index contributed by atoms with van der Waals surface area (Å²) in [6.45, 7) is 0. The van der Waals surface area contributed by atoms with Crippen LogP contribution in [0.1, 0.15) is 0 Å². The predicted octanol–water partition coefficient (Wildman–Crippen LogP) is 9.41. The second-order valence-electron chi connectivity index (χ2n) is 14.6. The van der Waals surface area contributed by atoms with Gasteiger partial charge < -0.3 is 4.42 Å². The van der Waals surface area contributed by atoms with E-state index in [9.17, 15) is 0 Å². The Morgan fingerprint density at radius 2 is 1.05 bits per heavy atom. The summed E-state index contributed by atoms with van der Waals surface area (Å²) in [5, 5.41) is 13.3. The Kier molecular flexibility index (Phi) is 6.59. The van der Waals surface area contributed by atoms with Gasteiger partial charge in [-0.3, -0.25) is 8.97 Å². The zero-order valence-electron chi connectivity index (χ0n) is 30.2. The molecule has 262 valence electrons. The van der Waals surface area contributed by atoms with Crippen molar-refractivity contribution in [3.63, 3.8) is 0 Å². The molecule has 0 aliphatic rings. The lowest BCUT2D eigenvalue weighted by molar-refractivity contribution is 0.669. The molecule has 0 saturated heterocycles. The molecular formula is C50H32N4OSi. The van der Waals surface area contributed by atoms with Crippen molar-refractivity contribution in [1.82, 2.24) is 18.9 Å². The Labute approximate surface area is 322 Å². The normalized spacial score (nSPS) is 12.3. The van der Waals surface area contributed by atoms with Crippen LogP contribution in [-0.4, -0.2) is 27.0 Å². The first kappa shape index (κ1) is 31.1. The summed E-state index contributed by atoms with van der Waals surface area (Å²) in [4.78, 5) is 9.89. The Hall–Kier alpha value is -7.28. The summed E-state index contributed by atoms with van der Waals surface area (Å²) < 4.78 is 11.0. The molecule has 0 radical (unpaired) electrons. The summed E-state index contributed by atoms with van der Waals surface area (Å²) in [5.74, 6) is 0.878. The van der Waals surface area contributed by atoms with E-state index < -0.39 is 8.07 Å². The number of furan rings is 1. The van der Waals surface area contributed by atoms with Crippen LogP contribution in [0.3, 0.4) is 0 Å². The molecule has 0 unspecified atom stereocenters. The van der Waals surface area contributed by atoms with E-state index in [4.69, 9.17) is 14.4 Å². The average molecular weight is 733 g/mol. The first-order chi connectivity index (χ1) is 27.8. The molecule has 0 amide bonds. The summed E-state index contributed by atoms with van der Waals surface area (Å²) >= 11 is 0. The molecule has 5 heterocycles. The number of pyridine rings is 2. The molecule has 6 heteroatoms. The van der Waals surface area contributed by atoms with Crippen molar-refractivity contribution < 1.29 is 4.42 Å². The fourth-order valence-corrected chi connectivity index (χ4v) is 14.1. The molecule has 12 aromatic rings. The lowest BCUT2D eigenvalue weighted by Crippen LogP contribution is -2.74. The third-order valence-corrected chi connectivity index (χ3v) is 16.5. The van der Waals surface area contributed by atoms with Gasteiger partial charge in [0.25, 0.3) is 0 Å². The van der Waals surface area contributed by atoms with Crippen LogP contribution >= 0.6 is 0 Å². The zero-order chi connectivity index (χ0) is 36.8. The maximum absolute atomic E-state index is 6.44. The van der Waals surface area contributed by atoms with E-state index >= 15 is 0 Å². The molecular weight excluding hydrogens is 701 g/mol. The number of aromatic nitrogens is 4. The number of benzene rings is 7. The van der Waals surface area contributed by atoms with Crippen LogP contribution in [0.15, 0.2) is 199 Å². The van der Waals surface area contributed by atoms with Gasteiger partial charge in [-0.1, -0.05) is 133 Å². The monoisotopic (exact) mass is 732 g/mol. The standard InChI is InChI=1S/C50H32N4OSi/c1-3-13-33(14-4-1)56(34-15-5-2-6-16-34,35-22-24-37-38-17-7-9-19-44(38)53-28-27-52-50(53)43(37)29-35)36-23-25-39-41-32-48-42(40-18-8-10-20-47(40)55-48)31-46(41)54(45(39)30-36)49-21-11-12-26-51-49/h1-32H. The van der Waals surface area contributed by atoms with Crippen LogP contribution in [0, 0.1) is 0 Å². The van der Waals surface area contributed by atoms with Gasteiger partial charge in [-0.15, -0.1) is 0 Å². The Bertz CT molecular complexity index is 3440. The smallest absolute Gasteiger partial charge is 0.179 e. The van der Waals surface area contributed by atoms with Gasteiger partial charge in [-0.05, 0) is 68.6 Å². The molecule has 5 nitrogen and oxygen atoms in total. The molecule has 12 rings (SSSR count). The molecule has 5 aromatic heterocycles. The van der Waals surface area contributed by atoms with E-state index in [1.165, 1.54) is 31.5 Å². The second kappa shape index (κ2) is 11.9. The molecule has 0 saturated carbocycles. The summed E-state index contributed by atoms with van der Waals surface area (Å²) in [6, 6.07) is 64.2. The van der Waals surface area contributed by atoms with E-state index in [2.05, 4.69) is 173 Å². The van der Waals surface area contributed by atoms with Gasteiger partial charge in [0.05, 0.1) is 16.6 Å². The Balaban J connectivity index is 1.22. The maximum atomic E-state index is 6.44. The fourth-order valence-electron chi connectivity index (χ4n) is 9.38. The highest BCUT2D eigenvalue weighted by Gasteiger charge is 2.42. The van der Waals surface area contributed by atoms with Crippen molar-refractivity contribution in [1.29, 1.82) is 0 Å². The van der Waals surface area contributed by atoms with E-state index in [0.717, 1.165) is 66.1 Å². The minimum atomic E-state index is -3.00. The van der Waals surface area contributed by atoms with Gasteiger partial charge in [0, 0.05) is 50.9 Å². The molecule has 0 N–H and O–H groups in total. The highest BCUT2D eigenvalue weighted by Crippen LogP contribution is 2.38. The molecule has 0 bridgehead atoms. The van der Waals surface area contributed by atoms with Gasteiger partial charge in [0.1, 0.15) is 22.6 Å². The first-order valence-electron chi connectivity index (χ1n) is 19.0. The largest absolute Gasteiger partial charge is 0.456 e. The number of hydrogen-bond acceptors (Lipinski definition) is 3. The SMILES string of the molecule is c1ccc([Si](c2ccccc2)(c2ccc3c4ccccc4n4ccnc4c3c2)c2ccc3c4cc5oc6ccccc6c5cc4n(-c4ccccn4)c3c2)cc1. The second-order valence-corrected chi connectivity index (χ2v) is 18.4. The van der Waals surface area contributed by atoms with Crippen LogP contribution in [0.5, 0.6) is 0 Å². The molecule has 0 fully saturated rings. The van der Waals surface area contributed by atoms with Crippen LogP contribution < -0.4 is 20.7 Å². The van der Waals surface area contributed by atoms with Crippen molar-refractivity contribution in [2.24, 2.45) is 0 Å². The summed E-state index contributed by atoms with van der Waals surface area (Å²) in [5.41, 5.74) is 6.10. The molecule has 0 aliphatic heterocycles. The van der Waals surface area contributed by atoms with Crippen LogP contribution in [0.4, 0.5) is 0 Å². The van der Waals surface area contributed by atoms with Gasteiger partial charge >= 0.3 is 0 Å². The van der Waals surface area contributed by atoms with Crippen molar-refractivity contribution in [2.75, 3.05) is 0 Å². The molecule has 0 atom stereocenters. The van der Waals surface area contributed by atoms with E-state index in [1.807, 2.05) is 30.6 Å². The van der Waals surface area contributed by atoms with Crippen molar-refractivity contribution in [2.45, 2.75) is 0 Å². The van der Waals surface area contributed by atoms with E-state index in [-0.39, 0.29) is 0 Å². The maximum Gasteiger partial charge on any atom is 0.179 e. The fraction of sp³-hybridized carbons (Fsp3) is 0.